The second-order valence-corrected chi connectivity index (χ2v) is 9.31. The molecule has 1 unspecified atom stereocenters. The maximum absolute atomic E-state index is 12.9. The molecule has 7 heteroatoms. The van der Waals surface area contributed by atoms with Crippen LogP contribution in [0.3, 0.4) is 0 Å². The minimum Gasteiger partial charge on any atom is -0.297 e. The summed E-state index contributed by atoms with van der Waals surface area (Å²) in [4.78, 5) is 2.63. The van der Waals surface area contributed by atoms with Gasteiger partial charge >= 0.3 is 0 Å². The summed E-state index contributed by atoms with van der Waals surface area (Å²) >= 11 is 0. The van der Waals surface area contributed by atoms with E-state index >= 15 is 0 Å². The number of nitrogens with zero attached hydrogens (tertiary/aromatic N) is 3. The fraction of sp³-hybridized carbons (Fsp3) is 0.500. The average molecular weight is 362 g/mol. The topological polar surface area (TPSA) is 67.2 Å². The van der Waals surface area contributed by atoms with Crippen molar-refractivity contribution in [2.24, 2.45) is 0 Å². The minimum absolute atomic E-state index is 0.0517. The van der Waals surface area contributed by atoms with E-state index in [1.54, 1.807) is 23.1 Å². The molecular weight excluding hydrogens is 336 g/mol. The second-order valence-electron chi connectivity index (χ2n) is 7.62. The number of sulfonamides is 1. The molecule has 0 radical (unpaired) electrons. The van der Waals surface area contributed by atoms with Crippen LogP contribution in [0.5, 0.6) is 0 Å². The van der Waals surface area contributed by atoms with Gasteiger partial charge in [-0.1, -0.05) is 6.07 Å². The smallest absolute Gasteiger partial charge is 0.241 e. The number of aromatic nitrogens is 2. The van der Waals surface area contributed by atoms with E-state index < -0.39 is 10.0 Å². The summed E-state index contributed by atoms with van der Waals surface area (Å²) in [5.41, 5.74) is 1.52. The van der Waals surface area contributed by atoms with Crippen molar-refractivity contribution in [2.75, 3.05) is 13.1 Å². The first-order chi connectivity index (χ1) is 11.7. The molecule has 3 rings (SSSR count). The van der Waals surface area contributed by atoms with Gasteiger partial charge in [-0.3, -0.25) is 4.90 Å². The Hall–Kier alpha value is -1.70. The molecule has 25 heavy (non-hydrogen) atoms. The zero-order valence-electron chi connectivity index (χ0n) is 15.2. The first-order valence-electron chi connectivity index (χ1n) is 8.55. The quantitative estimate of drug-likeness (QED) is 0.906. The van der Waals surface area contributed by atoms with Crippen LogP contribution in [0.2, 0.25) is 0 Å². The molecule has 1 N–H and O–H groups in total. The lowest BCUT2D eigenvalue weighted by molar-refractivity contribution is 0.172. The predicted molar refractivity (Wildman–Crippen MR) is 98.4 cm³/mol. The Labute approximate surface area is 149 Å². The maximum Gasteiger partial charge on any atom is 0.241 e. The fourth-order valence-corrected chi connectivity index (χ4v) is 4.72. The largest absolute Gasteiger partial charge is 0.297 e. The molecule has 1 aliphatic heterocycles. The first-order valence-corrected chi connectivity index (χ1v) is 10.0. The normalized spacial score (nSPS) is 19.4. The van der Waals surface area contributed by atoms with Crippen LogP contribution in [0.4, 0.5) is 0 Å². The Morgan fingerprint density at radius 1 is 1.28 bits per heavy atom. The number of rotatable bonds is 4. The highest BCUT2D eigenvalue weighted by molar-refractivity contribution is 7.89. The van der Waals surface area contributed by atoms with Gasteiger partial charge in [0.25, 0.3) is 0 Å². The van der Waals surface area contributed by atoms with E-state index in [0.717, 1.165) is 30.8 Å². The maximum atomic E-state index is 12.9. The van der Waals surface area contributed by atoms with Crippen LogP contribution in [-0.4, -0.2) is 47.8 Å². The summed E-state index contributed by atoms with van der Waals surface area (Å²) in [6.45, 7) is 9.92. The summed E-state index contributed by atoms with van der Waals surface area (Å²) < 4.78 is 30.4. The van der Waals surface area contributed by atoms with Crippen LogP contribution in [0.25, 0.3) is 5.69 Å². The van der Waals surface area contributed by atoms with Crippen LogP contribution in [0.1, 0.15) is 32.8 Å². The molecule has 1 saturated heterocycles. The summed E-state index contributed by atoms with van der Waals surface area (Å²) in [6, 6.07) is 7.13. The molecule has 1 atom stereocenters. The predicted octanol–water partition coefficient (Wildman–Crippen LogP) is 2.33. The van der Waals surface area contributed by atoms with Gasteiger partial charge in [0, 0.05) is 37.1 Å². The molecule has 0 spiro atoms. The van der Waals surface area contributed by atoms with E-state index in [0.29, 0.717) is 4.90 Å². The Bertz CT molecular complexity index is 838. The summed E-state index contributed by atoms with van der Waals surface area (Å²) in [7, 11) is -3.57. The number of hydrogen-bond acceptors (Lipinski definition) is 4. The molecule has 0 saturated carbocycles. The lowest BCUT2D eigenvalue weighted by atomic mass is 10.1. The summed E-state index contributed by atoms with van der Waals surface area (Å²) in [6.07, 6.45) is 4.30. The molecule has 1 fully saturated rings. The van der Waals surface area contributed by atoms with E-state index in [1.165, 1.54) is 0 Å². The highest BCUT2D eigenvalue weighted by Crippen LogP contribution is 2.24. The van der Waals surface area contributed by atoms with Gasteiger partial charge in [-0.05, 0) is 57.9 Å². The zero-order valence-corrected chi connectivity index (χ0v) is 16.0. The lowest BCUT2D eigenvalue weighted by Gasteiger charge is -2.31. The van der Waals surface area contributed by atoms with Gasteiger partial charge in [-0.15, -0.1) is 0 Å². The van der Waals surface area contributed by atoms with Gasteiger partial charge in [-0.2, -0.15) is 5.10 Å². The summed E-state index contributed by atoms with van der Waals surface area (Å²) in [5, 5.41) is 4.17. The second kappa shape index (κ2) is 6.55. The number of nitrogens with one attached hydrogen (secondary N) is 1. The molecular formula is C18H26N4O2S. The van der Waals surface area contributed by atoms with Crippen LogP contribution in [-0.2, 0) is 10.0 Å². The SMILES string of the molecule is Cc1ccc(-n2cccn2)cc1S(=O)(=O)NC1CCN(C(C)(C)C)C1. The molecule has 1 aromatic heterocycles. The highest BCUT2D eigenvalue weighted by Gasteiger charge is 2.33. The molecule has 0 aliphatic carbocycles. The van der Waals surface area contributed by atoms with Crippen molar-refractivity contribution in [3.8, 4) is 5.69 Å². The van der Waals surface area contributed by atoms with Crippen molar-refractivity contribution in [1.82, 2.24) is 19.4 Å². The Morgan fingerprint density at radius 2 is 2.04 bits per heavy atom. The highest BCUT2D eigenvalue weighted by atomic mass is 32.2. The van der Waals surface area contributed by atoms with Gasteiger partial charge in [-0.25, -0.2) is 17.8 Å². The van der Waals surface area contributed by atoms with Crippen molar-refractivity contribution in [3.05, 3.63) is 42.2 Å². The van der Waals surface area contributed by atoms with Crippen LogP contribution < -0.4 is 4.72 Å². The van der Waals surface area contributed by atoms with Crippen LogP contribution in [0.15, 0.2) is 41.6 Å². The van der Waals surface area contributed by atoms with E-state index in [1.807, 2.05) is 25.1 Å². The number of likely N-dealkylation sites (tertiary alicyclic amines) is 1. The van der Waals surface area contributed by atoms with Crippen molar-refractivity contribution < 1.29 is 8.42 Å². The van der Waals surface area contributed by atoms with Gasteiger partial charge < -0.3 is 0 Å². The molecule has 0 bridgehead atoms. The molecule has 1 aromatic carbocycles. The zero-order chi connectivity index (χ0) is 18.2. The molecule has 2 heterocycles. The third-order valence-corrected chi connectivity index (χ3v) is 6.35. The Morgan fingerprint density at radius 3 is 2.64 bits per heavy atom. The third-order valence-electron chi connectivity index (χ3n) is 4.69. The van der Waals surface area contributed by atoms with Crippen molar-refractivity contribution in [2.45, 2.75) is 50.6 Å². The minimum atomic E-state index is -3.57. The van der Waals surface area contributed by atoms with E-state index in [2.05, 4.69) is 35.5 Å². The molecule has 1 aliphatic rings. The molecule has 2 aromatic rings. The number of hydrogen-bond donors (Lipinski definition) is 1. The van der Waals surface area contributed by atoms with Gasteiger partial charge in [0.1, 0.15) is 0 Å². The number of benzene rings is 1. The number of aryl methyl sites for hydroxylation is 1. The monoisotopic (exact) mass is 362 g/mol. The molecule has 6 nitrogen and oxygen atoms in total. The van der Waals surface area contributed by atoms with Crippen LogP contribution >= 0.6 is 0 Å². The van der Waals surface area contributed by atoms with E-state index in [9.17, 15) is 8.42 Å². The third kappa shape index (κ3) is 3.94. The Balaban J connectivity index is 1.82. The average Bonchev–Trinajstić information content (AvgIpc) is 3.17. The van der Waals surface area contributed by atoms with Gasteiger partial charge in [0.15, 0.2) is 0 Å². The van der Waals surface area contributed by atoms with Crippen molar-refractivity contribution in [1.29, 1.82) is 0 Å². The lowest BCUT2D eigenvalue weighted by Crippen LogP contribution is -2.43. The standard InChI is InChI=1S/C18H26N4O2S/c1-14-6-7-16(22-10-5-9-19-22)12-17(14)25(23,24)20-15-8-11-21(13-15)18(2,3)4/h5-7,9-10,12,15,20H,8,11,13H2,1-4H3. The molecule has 136 valence electrons. The van der Waals surface area contributed by atoms with E-state index in [-0.39, 0.29) is 11.6 Å². The Kier molecular flexibility index (Phi) is 4.74. The summed E-state index contributed by atoms with van der Waals surface area (Å²) in [5.74, 6) is 0. The van der Waals surface area contributed by atoms with Gasteiger partial charge in [0.2, 0.25) is 10.0 Å². The van der Waals surface area contributed by atoms with Crippen molar-refractivity contribution >= 4 is 10.0 Å². The van der Waals surface area contributed by atoms with Crippen LogP contribution in [0, 0.1) is 6.92 Å². The first kappa shape index (κ1) is 18.1. The van der Waals surface area contributed by atoms with E-state index in [4.69, 9.17) is 0 Å². The van der Waals surface area contributed by atoms with Gasteiger partial charge in [0.05, 0.1) is 10.6 Å². The molecule has 0 amide bonds. The van der Waals surface area contributed by atoms with Crippen molar-refractivity contribution in [3.63, 3.8) is 0 Å². The fourth-order valence-electron chi connectivity index (χ4n) is 3.19.